The van der Waals surface area contributed by atoms with E-state index in [1.807, 2.05) is 0 Å². The molecule has 2 unspecified atom stereocenters. The van der Waals surface area contributed by atoms with E-state index >= 15 is 0 Å². The van der Waals surface area contributed by atoms with E-state index in [1.165, 1.54) is 49.4 Å². The Hall–Kier alpha value is -1.70. The number of nitrogens with one attached hydrogen (secondary N) is 1. The van der Waals surface area contributed by atoms with Gasteiger partial charge >= 0.3 is 0 Å². The minimum atomic E-state index is -0.000110. The monoisotopic (exact) mass is 412 g/mol. The SMILES string of the molecule is COCC1CCN(c2ccc3c(C(=O)N[C@@H]4CN5CCC56CC[C@H]46)nsc3c2)C1. The molecule has 2 aromatic rings. The fourth-order valence-corrected chi connectivity index (χ4v) is 7.03. The van der Waals surface area contributed by atoms with E-state index in [0.717, 1.165) is 36.3 Å². The fraction of sp³-hybridized carbons (Fsp3) is 0.636. The Balaban J connectivity index is 1.18. The summed E-state index contributed by atoms with van der Waals surface area (Å²) in [6.45, 7) is 5.14. The van der Waals surface area contributed by atoms with Gasteiger partial charge in [-0.05, 0) is 61.3 Å². The van der Waals surface area contributed by atoms with Crippen molar-refractivity contribution in [3.63, 3.8) is 0 Å². The number of ether oxygens (including phenoxy) is 1. The Morgan fingerprint density at radius 1 is 1.31 bits per heavy atom. The molecule has 3 aliphatic heterocycles. The van der Waals surface area contributed by atoms with E-state index in [0.29, 0.717) is 23.1 Å². The van der Waals surface area contributed by atoms with Crippen molar-refractivity contribution in [2.45, 2.75) is 37.3 Å². The summed E-state index contributed by atoms with van der Waals surface area (Å²) in [6.07, 6.45) is 5.05. The van der Waals surface area contributed by atoms with Crippen molar-refractivity contribution < 1.29 is 9.53 Å². The molecule has 1 amide bonds. The molecule has 4 heterocycles. The predicted octanol–water partition coefficient (Wildman–Crippen LogP) is 2.74. The second-order valence-corrected chi connectivity index (χ2v) is 10.1. The first-order valence-corrected chi connectivity index (χ1v) is 11.6. The van der Waals surface area contributed by atoms with Gasteiger partial charge in [0, 0.05) is 61.9 Å². The quantitative estimate of drug-likeness (QED) is 0.818. The summed E-state index contributed by atoms with van der Waals surface area (Å²) < 4.78 is 11.0. The lowest BCUT2D eigenvalue weighted by atomic mass is 9.61. The van der Waals surface area contributed by atoms with Crippen molar-refractivity contribution in [2.24, 2.45) is 11.8 Å². The topological polar surface area (TPSA) is 57.7 Å². The lowest BCUT2D eigenvalue weighted by Gasteiger charge is -2.58. The molecule has 6 rings (SSSR count). The number of aromatic nitrogens is 1. The molecule has 29 heavy (non-hydrogen) atoms. The molecule has 1 spiro atoms. The molecule has 4 atom stereocenters. The van der Waals surface area contributed by atoms with Gasteiger partial charge in [-0.2, -0.15) is 4.37 Å². The zero-order valence-electron chi connectivity index (χ0n) is 16.9. The third kappa shape index (κ3) is 2.67. The van der Waals surface area contributed by atoms with Crippen molar-refractivity contribution in [1.29, 1.82) is 0 Å². The van der Waals surface area contributed by atoms with Crippen LogP contribution in [0.5, 0.6) is 0 Å². The third-order valence-electron chi connectivity index (χ3n) is 7.97. The van der Waals surface area contributed by atoms with E-state index in [4.69, 9.17) is 4.74 Å². The smallest absolute Gasteiger partial charge is 0.271 e. The minimum Gasteiger partial charge on any atom is -0.384 e. The lowest BCUT2D eigenvalue weighted by molar-refractivity contribution is -0.0676. The zero-order valence-corrected chi connectivity index (χ0v) is 17.7. The van der Waals surface area contributed by atoms with Gasteiger partial charge in [0.1, 0.15) is 5.69 Å². The van der Waals surface area contributed by atoms with Crippen molar-refractivity contribution >= 4 is 33.2 Å². The van der Waals surface area contributed by atoms with Crippen LogP contribution in [0.2, 0.25) is 0 Å². The Morgan fingerprint density at radius 2 is 2.24 bits per heavy atom. The molecule has 1 saturated carbocycles. The first kappa shape index (κ1) is 18.1. The third-order valence-corrected chi connectivity index (χ3v) is 8.77. The number of fused-ring (bicyclic) bond motifs is 1. The van der Waals surface area contributed by atoms with Crippen LogP contribution in [0, 0.1) is 11.8 Å². The maximum atomic E-state index is 13.0. The van der Waals surface area contributed by atoms with E-state index in [2.05, 4.69) is 37.7 Å². The van der Waals surface area contributed by atoms with Crippen LogP contribution >= 0.6 is 11.5 Å². The highest BCUT2D eigenvalue weighted by molar-refractivity contribution is 7.13. The molecule has 7 heteroatoms. The average Bonchev–Trinajstić information content (AvgIpc) is 3.33. The molecule has 0 radical (unpaired) electrons. The number of hydrogen-bond donors (Lipinski definition) is 1. The minimum absolute atomic E-state index is 0.000110. The first-order valence-electron chi connectivity index (χ1n) is 10.9. The van der Waals surface area contributed by atoms with Crippen molar-refractivity contribution in [1.82, 2.24) is 14.6 Å². The van der Waals surface area contributed by atoms with Gasteiger partial charge in [-0.25, -0.2) is 0 Å². The summed E-state index contributed by atoms with van der Waals surface area (Å²) in [7, 11) is 1.77. The van der Waals surface area contributed by atoms with E-state index in [1.54, 1.807) is 7.11 Å². The van der Waals surface area contributed by atoms with E-state index in [9.17, 15) is 4.79 Å². The van der Waals surface area contributed by atoms with Crippen molar-refractivity contribution in [3.05, 3.63) is 23.9 Å². The molecule has 4 aliphatic rings. The van der Waals surface area contributed by atoms with Gasteiger partial charge in [0.15, 0.2) is 0 Å². The number of methoxy groups -OCH3 is 1. The molecule has 154 valence electrons. The zero-order chi connectivity index (χ0) is 19.6. The van der Waals surface area contributed by atoms with Crippen LogP contribution in [-0.2, 0) is 4.74 Å². The Morgan fingerprint density at radius 3 is 2.97 bits per heavy atom. The molecule has 1 aromatic carbocycles. The second kappa shape index (κ2) is 6.65. The number of amides is 1. The number of rotatable bonds is 5. The lowest BCUT2D eigenvalue weighted by Crippen LogP contribution is -2.64. The molecule has 1 N–H and O–H groups in total. The maximum Gasteiger partial charge on any atom is 0.271 e. The van der Waals surface area contributed by atoms with Crippen LogP contribution in [-0.4, -0.2) is 66.7 Å². The molecule has 0 bridgehead atoms. The van der Waals surface area contributed by atoms with Crippen LogP contribution in [0.1, 0.15) is 36.2 Å². The van der Waals surface area contributed by atoms with Crippen LogP contribution in [0.3, 0.4) is 0 Å². The highest BCUT2D eigenvalue weighted by Gasteiger charge is 2.63. The highest BCUT2D eigenvalue weighted by atomic mass is 32.1. The normalized spacial score (nSPS) is 33.3. The fourth-order valence-electron chi connectivity index (χ4n) is 6.23. The molecular weight excluding hydrogens is 384 g/mol. The number of benzene rings is 1. The second-order valence-electron chi connectivity index (χ2n) is 9.29. The van der Waals surface area contributed by atoms with Crippen LogP contribution in [0.4, 0.5) is 5.69 Å². The molecule has 1 aromatic heterocycles. The summed E-state index contributed by atoms with van der Waals surface area (Å²) in [5.41, 5.74) is 2.26. The van der Waals surface area contributed by atoms with E-state index < -0.39 is 0 Å². The summed E-state index contributed by atoms with van der Waals surface area (Å²) in [5, 5.41) is 4.31. The van der Waals surface area contributed by atoms with Crippen molar-refractivity contribution in [2.75, 3.05) is 44.8 Å². The van der Waals surface area contributed by atoms with Gasteiger partial charge < -0.3 is 15.0 Å². The Labute approximate surface area is 175 Å². The number of hydrogen-bond acceptors (Lipinski definition) is 6. The number of nitrogens with zero attached hydrogens (tertiary/aromatic N) is 3. The van der Waals surface area contributed by atoms with E-state index in [-0.39, 0.29) is 11.9 Å². The molecule has 4 fully saturated rings. The summed E-state index contributed by atoms with van der Waals surface area (Å²) in [4.78, 5) is 18.0. The first-order chi connectivity index (χ1) is 14.2. The van der Waals surface area contributed by atoms with Crippen LogP contribution in [0.25, 0.3) is 10.1 Å². The van der Waals surface area contributed by atoms with Gasteiger partial charge in [0.2, 0.25) is 0 Å². The predicted molar refractivity (Wildman–Crippen MR) is 115 cm³/mol. The molecule has 6 nitrogen and oxygen atoms in total. The van der Waals surface area contributed by atoms with Gasteiger partial charge in [0.05, 0.1) is 11.3 Å². The largest absolute Gasteiger partial charge is 0.384 e. The average molecular weight is 413 g/mol. The molecule has 1 aliphatic carbocycles. The van der Waals surface area contributed by atoms with Crippen LogP contribution < -0.4 is 10.2 Å². The Kier molecular flexibility index (Phi) is 4.15. The number of carbonyl (C=O) groups excluding carboxylic acids is 1. The maximum absolute atomic E-state index is 13.0. The summed E-state index contributed by atoms with van der Waals surface area (Å²) >= 11 is 1.44. The molecular formula is C22H28N4O2S. The van der Waals surface area contributed by atoms with Gasteiger partial charge in [0.25, 0.3) is 5.91 Å². The standard InChI is InChI=1S/C22H28N4O2S/c1-28-13-14-5-8-25(11-14)15-2-3-16-19(10-15)29-24-20(16)21(27)23-18-12-26-9-7-22(26)6-4-17(18)22/h2-3,10,14,17-18H,4-9,11-13H2,1H3,(H,23,27)/t14?,17-,18-,22?/m1/s1. The van der Waals surface area contributed by atoms with Gasteiger partial charge in [-0.3, -0.25) is 9.69 Å². The summed E-state index contributed by atoms with van der Waals surface area (Å²) in [5.74, 6) is 1.25. The summed E-state index contributed by atoms with van der Waals surface area (Å²) in [6, 6.07) is 6.71. The van der Waals surface area contributed by atoms with Crippen LogP contribution in [0.15, 0.2) is 18.2 Å². The Bertz CT molecular complexity index is 957. The highest BCUT2D eigenvalue weighted by Crippen LogP contribution is 2.57. The van der Waals surface area contributed by atoms with Gasteiger partial charge in [-0.1, -0.05) is 0 Å². The number of carbonyl (C=O) groups is 1. The van der Waals surface area contributed by atoms with Gasteiger partial charge in [-0.15, -0.1) is 0 Å². The molecule has 3 saturated heterocycles. The van der Waals surface area contributed by atoms with Crippen molar-refractivity contribution in [3.8, 4) is 0 Å². The number of anilines is 1.